The van der Waals surface area contributed by atoms with Crippen molar-refractivity contribution in [2.24, 2.45) is 11.0 Å². The first-order valence-corrected chi connectivity index (χ1v) is 9.98. The highest BCUT2D eigenvalue weighted by Gasteiger charge is 2.16. The Kier molecular flexibility index (Phi) is 6.61. The number of ether oxygens (including phenoxy) is 1. The van der Waals surface area contributed by atoms with Crippen molar-refractivity contribution in [3.8, 4) is 5.75 Å². The summed E-state index contributed by atoms with van der Waals surface area (Å²) in [6.45, 7) is 8.84. The second-order valence-corrected chi connectivity index (χ2v) is 7.38. The van der Waals surface area contributed by atoms with E-state index in [4.69, 9.17) is 4.74 Å². The Morgan fingerprint density at radius 3 is 2.43 bits per heavy atom. The van der Waals surface area contributed by atoms with Crippen LogP contribution in [0.2, 0.25) is 0 Å². The molecule has 0 radical (unpaired) electrons. The van der Waals surface area contributed by atoms with Crippen LogP contribution in [0.3, 0.4) is 0 Å². The van der Waals surface area contributed by atoms with Crippen molar-refractivity contribution >= 4 is 22.4 Å². The highest BCUT2D eigenvalue weighted by atomic mass is 16.5. The summed E-state index contributed by atoms with van der Waals surface area (Å²) in [5, 5.41) is 9.39. The molecule has 0 aliphatic carbocycles. The number of hydrogen-bond acceptors (Lipinski definition) is 5. The number of amides is 1. The molecule has 0 aliphatic rings. The summed E-state index contributed by atoms with van der Waals surface area (Å²) in [6.07, 6.45) is 0. The molecule has 3 aromatic rings. The van der Waals surface area contributed by atoms with E-state index in [1.165, 1.54) is 4.68 Å². The Morgan fingerprint density at radius 2 is 1.80 bits per heavy atom. The number of carbonyl (C=O) groups is 1. The number of nitrogens with one attached hydrogen (secondary N) is 1. The number of rotatable bonds is 7. The van der Waals surface area contributed by atoms with Gasteiger partial charge in [0.2, 0.25) is 0 Å². The van der Waals surface area contributed by atoms with Crippen LogP contribution in [-0.4, -0.2) is 28.0 Å². The fourth-order valence-electron chi connectivity index (χ4n) is 2.92. The first-order valence-electron chi connectivity index (χ1n) is 9.98. The maximum atomic E-state index is 12.8. The lowest BCUT2D eigenvalue weighted by atomic mass is 10.1. The van der Waals surface area contributed by atoms with Crippen LogP contribution in [0.5, 0.6) is 5.75 Å². The highest BCUT2D eigenvalue weighted by molar-refractivity contribution is 6.06. The predicted molar refractivity (Wildman–Crippen MR) is 118 cm³/mol. The smallest absolute Gasteiger partial charge is 0.292 e. The number of carbonyl (C=O) groups excluding carboxylic acids is 1. The molecule has 0 atom stereocenters. The van der Waals surface area contributed by atoms with Gasteiger partial charge in [-0.3, -0.25) is 9.59 Å². The van der Waals surface area contributed by atoms with Crippen LogP contribution < -0.4 is 15.7 Å². The fourth-order valence-corrected chi connectivity index (χ4v) is 2.92. The van der Waals surface area contributed by atoms with Gasteiger partial charge in [0.25, 0.3) is 11.5 Å². The number of benzene rings is 2. The molecule has 1 amide bonds. The number of aromatic nitrogens is 2. The van der Waals surface area contributed by atoms with Crippen molar-refractivity contribution in [3.63, 3.8) is 0 Å². The molecule has 3 rings (SSSR count). The minimum Gasteiger partial charge on any atom is -0.493 e. The molecule has 2 aromatic carbocycles. The van der Waals surface area contributed by atoms with E-state index in [-0.39, 0.29) is 11.3 Å². The molecule has 0 saturated heterocycles. The van der Waals surface area contributed by atoms with E-state index in [2.05, 4.69) is 29.5 Å². The first kappa shape index (κ1) is 21.2. The Morgan fingerprint density at radius 1 is 1.13 bits per heavy atom. The molecule has 1 aromatic heterocycles. The lowest BCUT2D eigenvalue weighted by Crippen LogP contribution is -2.28. The maximum Gasteiger partial charge on any atom is 0.292 e. The third kappa shape index (κ3) is 4.74. The molecule has 30 heavy (non-hydrogen) atoms. The molecular formula is C23H26N4O3. The van der Waals surface area contributed by atoms with Crippen LogP contribution in [0.1, 0.15) is 43.7 Å². The third-order valence-electron chi connectivity index (χ3n) is 4.56. The van der Waals surface area contributed by atoms with Gasteiger partial charge >= 0.3 is 0 Å². The number of hydrazone groups is 1. The van der Waals surface area contributed by atoms with Gasteiger partial charge in [0.1, 0.15) is 5.75 Å². The van der Waals surface area contributed by atoms with Crippen molar-refractivity contribution < 1.29 is 9.53 Å². The molecule has 0 unspecified atom stereocenters. The Balaban J connectivity index is 1.80. The van der Waals surface area contributed by atoms with Crippen LogP contribution in [-0.2, 0) is 6.54 Å². The largest absolute Gasteiger partial charge is 0.493 e. The van der Waals surface area contributed by atoms with Gasteiger partial charge in [0, 0.05) is 11.9 Å². The number of fused-ring (bicyclic) bond motifs is 1. The van der Waals surface area contributed by atoms with Crippen LogP contribution >= 0.6 is 0 Å². The summed E-state index contributed by atoms with van der Waals surface area (Å²) >= 11 is 0. The minimum atomic E-state index is -0.468. The topological polar surface area (TPSA) is 85.6 Å². The van der Waals surface area contributed by atoms with Crippen molar-refractivity contribution in [2.45, 2.75) is 34.2 Å². The molecule has 0 bridgehead atoms. The summed E-state index contributed by atoms with van der Waals surface area (Å²) in [5.74, 6) is 0.779. The maximum absolute atomic E-state index is 12.8. The Hall–Kier alpha value is -3.48. The fraction of sp³-hybridized carbons (Fsp3) is 0.304. The van der Waals surface area contributed by atoms with Gasteiger partial charge in [-0.25, -0.2) is 10.1 Å². The van der Waals surface area contributed by atoms with Crippen molar-refractivity contribution in [3.05, 3.63) is 70.1 Å². The summed E-state index contributed by atoms with van der Waals surface area (Å²) in [5.41, 5.74) is 4.01. The highest BCUT2D eigenvalue weighted by Crippen LogP contribution is 2.15. The standard InChI is InChI=1S/C23H26N4O3/c1-5-27-23(29)20-9-7-6-8-19(20)21(26-27)22(28)25-24-16(4)17-10-12-18(13-11-17)30-14-15(2)3/h6-13,15H,5,14H2,1-4H3,(H,25,28)/b24-16-. The second kappa shape index (κ2) is 9.35. The number of aryl methyl sites for hydroxylation is 1. The number of hydrogen-bond donors (Lipinski definition) is 1. The zero-order valence-electron chi connectivity index (χ0n) is 17.7. The summed E-state index contributed by atoms with van der Waals surface area (Å²) in [7, 11) is 0. The van der Waals surface area contributed by atoms with Gasteiger partial charge in [0.05, 0.1) is 17.7 Å². The zero-order valence-corrected chi connectivity index (χ0v) is 17.7. The second-order valence-electron chi connectivity index (χ2n) is 7.38. The van der Waals surface area contributed by atoms with Crippen LogP contribution in [0, 0.1) is 5.92 Å². The van der Waals surface area contributed by atoms with E-state index in [1.54, 1.807) is 24.3 Å². The summed E-state index contributed by atoms with van der Waals surface area (Å²) < 4.78 is 6.97. The monoisotopic (exact) mass is 406 g/mol. The summed E-state index contributed by atoms with van der Waals surface area (Å²) in [6, 6.07) is 14.5. The van der Waals surface area contributed by atoms with Crippen LogP contribution in [0.4, 0.5) is 0 Å². The normalized spacial score (nSPS) is 11.7. The molecule has 1 heterocycles. The van der Waals surface area contributed by atoms with Gasteiger partial charge in [-0.15, -0.1) is 0 Å². The average molecular weight is 406 g/mol. The Labute approximate surface area is 175 Å². The van der Waals surface area contributed by atoms with E-state index >= 15 is 0 Å². The lowest BCUT2D eigenvalue weighted by molar-refractivity contribution is 0.0949. The minimum absolute atomic E-state index is 0.168. The van der Waals surface area contributed by atoms with Crippen molar-refractivity contribution in [1.82, 2.24) is 15.2 Å². The van der Waals surface area contributed by atoms with E-state index in [0.29, 0.717) is 35.6 Å². The molecule has 7 heteroatoms. The first-order chi connectivity index (χ1) is 14.4. The molecule has 0 fully saturated rings. The van der Waals surface area contributed by atoms with Gasteiger partial charge in [-0.2, -0.15) is 10.2 Å². The quantitative estimate of drug-likeness (QED) is 0.480. The van der Waals surface area contributed by atoms with E-state index in [1.807, 2.05) is 38.1 Å². The SMILES string of the molecule is CCn1nc(C(=O)N/N=C(/C)c2ccc(OCC(C)C)cc2)c2ccccc2c1=O. The zero-order chi connectivity index (χ0) is 21.7. The van der Waals surface area contributed by atoms with Gasteiger partial charge in [-0.05, 0) is 55.7 Å². The van der Waals surface area contributed by atoms with Gasteiger partial charge in [-0.1, -0.05) is 32.0 Å². The average Bonchev–Trinajstić information content (AvgIpc) is 2.76. The van der Waals surface area contributed by atoms with Crippen LogP contribution in [0.25, 0.3) is 10.8 Å². The van der Waals surface area contributed by atoms with Gasteiger partial charge in [0.15, 0.2) is 5.69 Å². The molecule has 0 spiro atoms. The molecule has 0 aliphatic heterocycles. The number of nitrogens with zero attached hydrogens (tertiary/aromatic N) is 3. The van der Waals surface area contributed by atoms with Crippen LogP contribution in [0.15, 0.2) is 58.4 Å². The molecule has 156 valence electrons. The molecule has 7 nitrogen and oxygen atoms in total. The third-order valence-corrected chi connectivity index (χ3v) is 4.56. The van der Waals surface area contributed by atoms with Gasteiger partial charge < -0.3 is 4.74 Å². The van der Waals surface area contributed by atoms with Crippen molar-refractivity contribution in [1.29, 1.82) is 0 Å². The van der Waals surface area contributed by atoms with Crippen molar-refractivity contribution in [2.75, 3.05) is 6.61 Å². The van der Waals surface area contributed by atoms with E-state index < -0.39 is 5.91 Å². The predicted octanol–water partition coefficient (Wildman–Crippen LogP) is 3.61. The molecule has 1 N–H and O–H groups in total. The van der Waals surface area contributed by atoms with E-state index in [0.717, 1.165) is 11.3 Å². The lowest BCUT2D eigenvalue weighted by Gasteiger charge is -2.10. The van der Waals surface area contributed by atoms with E-state index in [9.17, 15) is 9.59 Å². The Bertz CT molecular complexity index is 1130. The molecule has 0 saturated carbocycles. The molecular weight excluding hydrogens is 380 g/mol. The summed E-state index contributed by atoms with van der Waals surface area (Å²) in [4.78, 5) is 25.2.